The van der Waals surface area contributed by atoms with E-state index in [4.69, 9.17) is 11.5 Å². The minimum atomic E-state index is -1.54. The van der Waals surface area contributed by atoms with Crippen molar-refractivity contribution in [1.82, 2.24) is 25.9 Å². The molecule has 1 aromatic heterocycles. The van der Waals surface area contributed by atoms with Crippen LogP contribution in [0.3, 0.4) is 0 Å². The smallest absolute Gasteiger partial charge is 0.326 e. The number of hydrogen-bond acceptors (Lipinski definition) is 8. The number of aliphatic carboxylic acids is 1. The molecule has 0 radical (unpaired) electrons. The second-order valence-electron chi connectivity index (χ2n) is 8.17. The summed E-state index contributed by atoms with van der Waals surface area (Å²) in [7, 11) is 0. The maximum absolute atomic E-state index is 13.2. The van der Waals surface area contributed by atoms with Gasteiger partial charge in [-0.25, -0.2) is 9.78 Å². The van der Waals surface area contributed by atoms with Crippen molar-refractivity contribution < 1.29 is 29.1 Å². The lowest BCUT2D eigenvalue weighted by Crippen LogP contribution is -2.58. The predicted molar refractivity (Wildman–Crippen MR) is 130 cm³/mol. The van der Waals surface area contributed by atoms with Crippen LogP contribution in [0.4, 0.5) is 0 Å². The highest BCUT2D eigenvalue weighted by Gasteiger charge is 2.31. The molecule has 0 aliphatic heterocycles. The number of nitrogens with two attached hydrogens (primary N) is 2. The molecule has 5 unspecified atom stereocenters. The van der Waals surface area contributed by atoms with Gasteiger partial charge in [-0.2, -0.15) is 11.8 Å². The van der Waals surface area contributed by atoms with Crippen LogP contribution in [-0.2, 0) is 30.4 Å². The molecule has 0 fully saturated rings. The van der Waals surface area contributed by atoms with E-state index < -0.39 is 60.2 Å². The Balaban J connectivity index is 3.05. The van der Waals surface area contributed by atoms with Crippen LogP contribution in [0.5, 0.6) is 0 Å². The number of H-pyrrole nitrogens is 1. The number of imidazole rings is 1. The SMILES string of the molecule is CCC(C)C(N)C(=O)NC(Cc1cnc[nH]1)C(=O)NC(CCSC)C(=O)NC(CC(N)=O)C(=O)O. The van der Waals surface area contributed by atoms with Gasteiger partial charge in [-0.05, 0) is 24.3 Å². The molecule has 196 valence electrons. The molecule has 0 saturated heterocycles. The number of aromatic amines is 1. The molecule has 0 saturated carbocycles. The van der Waals surface area contributed by atoms with Gasteiger partial charge in [0, 0.05) is 18.3 Å². The van der Waals surface area contributed by atoms with Crippen LogP contribution < -0.4 is 27.4 Å². The average molecular weight is 514 g/mol. The van der Waals surface area contributed by atoms with Gasteiger partial charge in [-0.1, -0.05) is 20.3 Å². The number of nitrogens with zero attached hydrogens (tertiary/aromatic N) is 1. The van der Waals surface area contributed by atoms with Gasteiger partial charge in [0.1, 0.15) is 18.1 Å². The van der Waals surface area contributed by atoms with Crippen LogP contribution in [0.15, 0.2) is 12.5 Å². The first-order valence-electron chi connectivity index (χ1n) is 11.1. The fourth-order valence-electron chi connectivity index (χ4n) is 3.06. The van der Waals surface area contributed by atoms with E-state index in [1.54, 1.807) is 0 Å². The standard InChI is InChI=1S/C21H35N7O6S/c1-4-11(2)17(23)20(32)27-14(7-12-9-24-10-25-12)19(31)26-13(5-6-35-3)18(30)28-15(21(33)34)8-16(22)29/h9-11,13-15,17H,4-8,23H2,1-3H3,(H2,22,29)(H,24,25)(H,26,31)(H,27,32)(H,28,30)(H,33,34). The lowest BCUT2D eigenvalue weighted by molar-refractivity contribution is -0.143. The van der Waals surface area contributed by atoms with Gasteiger partial charge in [-0.15, -0.1) is 0 Å². The van der Waals surface area contributed by atoms with Gasteiger partial charge < -0.3 is 37.5 Å². The topological polar surface area (TPSA) is 222 Å². The van der Waals surface area contributed by atoms with Crippen molar-refractivity contribution in [2.24, 2.45) is 17.4 Å². The number of carboxylic acid groups (broad SMARTS) is 1. The van der Waals surface area contributed by atoms with Gasteiger partial charge >= 0.3 is 5.97 Å². The van der Waals surface area contributed by atoms with Crippen molar-refractivity contribution in [1.29, 1.82) is 0 Å². The van der Waals surface area contributed by atoms with Gasteiger partial charge in [-0.3, -0.25) is 19.2 Å². The fraction of sp³-hybridized carbons (Fsp3) is 0.619. The normalized spacial score (nSPS) is 15.2. The molecular weight excluding hydrogens is 478 g/mol. The summed E-state index contributed by atoms with van der Waals surface area (Å²) in [5.74, 6) is -3.95. The molecule has 0 spiro atoms. The third-order valence-corrected chi connectivity index (χ3v) is 6.08. The van der Waals surface area contributed by atoms with E-state index in [9.17, 15) is 29.1 Å². The van der Waals surface area contributed by atoms with E-state index in [1.807, 2.05) is 20.1 Å². The maximum atomic E-state index is 13.2. The van der Waals surface area contributed by atoms with Crippen LogP contribution >= 0.6 is 11.8 Å². The molecule has 9 N–H and O–H groups in total. The Morgan fingerprint density at radius 3 is 2.20 bits per heavy atom. The number of thioether (sulfide) groups is 1. The molecule has 1 heterocycles. The lowest BCUT2D eigenvalue weighted by Gasteiger charge is -2.25. The Kier molecular flexibility index (Phi) is 12.8. The number of rotatable bonds is 16. The number of primary amides is 1. The summed E-state index contributed by atoms with van der Waals surface area (Å²) >= 11 is 1.42. The fourth-order valence-corrected chi connectivity index (χ4v) is 3.53. The number of carbonyl (C=O) groups is 5. The predicted octanol–water partition coefficient (Wildman–Crippen LogP) is -1.51. The van der Waals surface area contributed by atoms with Crippen molar-refractivity contribution >= 4 is 41.4 Å². The molecule has 0 aliphatic carbocycles. The van der Waals surface area contributed by atoms with E-state index in [0.717, 1.165) is 0 Å². The third kappa shape index (κ3) is 10.3. The highest BCUT2D eigenvalue weighted by Crippen LogP contribution is 2.08. The number of aromatic nitrogens is 2. The summed E-state index contributed by atoms with van der Waals surface area (Å²) in [4.78, 5) is 68.0. The van der Waals surface area contributed by atoms with Crippen LogP contribution in [-0.4, -0.2) is 80.8 Å². The quantitative estimate of drug-likeness (QED) is 0.136. The van der Waals surface area contributed by atoms with Gasteiger partial charge in [0.2, 0.25) is 23.6 Å². The first-order chi connectivity index (χ1) is 16.5. The largest absolute Gasteiger partial charge is 0.480 e. The molecule has 5 atom stereocenters. The molecule has 1 aromatic rings. The molecule has 13 nitrogen and oxygen atoms in total. The molecule has 4 amide bonds. The number of carbonyl (C=O) groups excluding carboxylic acids is 4. The van der Waals surface area contributed by atoms with E-state index in [0.29, 0.717) is 17.9 Å². The Hall–Kier alpha value is -3.13. The maximum Gasteiger partial charge on any atom is 0.326 e. The molecule has 0 bridgehead atoms. The Bertz CT molecular complexity index is 866. The van der Waals surface area contributed by atoms with Gasteiger partial charge in [0.15, 0.2) is 0 Å². The zero-order valence-electron chi connectivity index (χ0n) is 20.1. The first-order valence-corrected chi connectivity index (χ1v) is 12.5. The van der Waals surface area contributed by atoms with Crippen molar-refractivity contribution in [3.05, 3.63) is 18.2 Å². The van der Waals surface area contributed by atoms with E-state index in [1.165, 1.54) is 24.3 Å². The summed E-state index contributed by atoms with van der Waals surface area (Å²) in [5, 5.41) is 16.7. The van der Waals surface area contributed by atoms with Crippen molar-refractivity contribution in [2.75, 3.05) is 12.0 Å². The first kappa shape index (κ1) is 29.9. The third-order valence-electron chi connectivity index (χ3n) is 5.44. The van der Waals surface area contributed by atoms with Gasteiger partial charge in [0.05, 0.1) is 18.8 Å². The minimum absolute atomic E-state index is 0.0566. The number of amides is 4. The number of hydrogen-bond donors (Lipinski definition) is 7. The monoisotopic (exact) mass is 513 g/mol. The molecule has 35 heavy (non-hydrogen) atoms. The number of carboxylic acids is 1. The summed E-state index contributed by atoms with van der Waals surface area (Å²) in [6.45, 7) is 3.71. The van der Waals surface area contributed by atoms with E-state index in [-0.39, 0.29) is 18.8 Å². The van der Waals surface area contributed by atoms with Crippen molar-refractivity contribution in [3.8, 4) is 0 Å². The zero-order chi connectivity index (χ0) is 26.5. The van der Waals surface area contributed by atoms with Crippen molar-refractivity contribution in [2.45, 2.75) is 63.7 Å². The van der Waals surface area contributed by atoms with E-state index >= 15 is 0 Å². The van der Waals surface area contributed by atoms with Crippen molar-refractivity contribution in [3.63, 3.8) is 0 Å². The Morgan fingerprint density at radius 2 is 1.69 bits per heavy atom. The second-order valence-corrected chi connectivity index (χ2v) is 9.15. The summed E-state index contributed by atoms with van der Waals surface area (Å²) in [6.07, 6.45) is 5.04. The highest BCUT2D eigenvalue weighted by molar-refractivity contribution is 7.98. The number of nitrogens with one attached hydrogen (secondary N) is 4. The zero-order valence-corrected chi connectivity index (χ0v) is 20.9. The lowest BCUT2D eigenvalue weighted by atomic mass is 9.98. The van der Waals surface area contributed by atoms with Gasteiger partial charge in [0.25, 0.3) is 0 Å². The average Bonchev–Trinajstić information content (AvgIpc) is 3.32. The Labute approximate surface area is 207 Å². The van der Waals surface area contributed by atoms with Crippen LogP contribution in [0.1, 0.15) is 38.8 Å². The molecular formula is C21H35N7O6S. The highest BCUT2D eigenvalue weighted by atomic mass is 32.2. The molecule has 14 heteroatoms. The van der Waals surface area contributed by atoms with Crippen LogP contribution in [0.2, 0.25) is 0 Å². The molecule has 0 aromatic carbocycles. The summed E-state index contributed by atoms with van der Waals surface area (Å²) < 4.78 is 0. The molecule has 1 rings (SSSR count). The Morgan fingerprint density at radius 1 is 1.09 bits per heavy atom. The summed E-state index contributed by atoms with van der Waals surface area (Å²) in [6, 6.07) is -4.57. The second kappa shape index (κ2) is 15.0. The summed E-state index contributed by atoms with van der Waals surface area (Å²) in [5.41, 5.74) is 11.6. The van der Waals surface area contributed by atoms with E-state index in [2.05, 4.69) is 25.9 Å². The van der Waals surface area contributed by atoms with Crippen LogP contribution in [0, 0.1) is 5.92 Å². The molecule has 0 aliphatic rings. The minimum Gasteiger partial charge on any atom is -0.480 e. The van der Waals surface area contributed by atoms with Crippen LogP contribution in [0.25, 0.3) is 0 Å².